The van der Waals surface area contributed by atoms with Crippen LogP contribution in [0.5, 0.6) is 0 Å². The van der Waals surface area contributed by atoms with Crippen LogP contribution in [0.4, 0.5) is 4.39 Å². The molecule has 1 spiro atoms. The van der Waals surface area contributed by atoms with Crippen molar-refractivity contribution >= 4 is 5.91 Å². The van der Waals surface area contributed by atoms with E-state index in [1.807, 2.05) is 30.9 Å². The Morgan fingerprint density at radius 2 is 2.00 bits per heavy atom. The first-order valence-electron chi connectivity index (χ1n) is 10.2. The number of piperidine rings is 1. The molecule has 1 aromatic heterocycles. The van der Waals surface area contributed by atoms with E-state index in [0.717, 1.165) is 57.5 Å². The lowest BCUT2D eigenvalue weighted by Crippen LogP contribution is -2.45. The molecule has 2 aliphatic heterocycles. The number of rotatable bonds is 4. The second-order valence-corrected chi connectivity index (χ2v) is 8.29. The number of oxazole rings is 1. The van der Waals surface area contributed by atoms with Crippen LogP contribution in [0.2, 0.25) is 0 Å². The van der Waals surface area contributed by atoms with Gasteiger partial charge in [0.15, 0.2) is 5.89 Å². The fourth-order valence-corrected chi connectivity index (χ4v) is 4.68. The summed E-state index contributed by atoms with van der Waals surface area (Å²) in [5.41, 5.74) is 1.97. The fourth-order valence-electron chi connectivity index (χ4n) is 4.68. The van der Waals surface area contributed by atoms with Gasteiger partial charge in [0.25, 0.3) is 5.91 Å². The summed E-state index contributed by atoms with van der Waals surface area (Å²) in [7, 11) is 0. The van der Waals surface area contributed by atoms with Crippen molar-refractivity contribution in [1.29, 1.82) is 0 Å². The molecular weight excluding hydrogens is 357 g/mol. The molecule has 150 valence electrons. The van der Waals surface area contributed by atoms with Crippen LogP contribution in [-0.4, -0.2) is 46.9 Å². The number of aryl methyl sites for hydroxylation is 2. The van der Waals surface area contributed by atoms with Crippen LogP contribution in [0.25, 0.3) is 0 Å². The van der Waals surface area contributed by atoms with Crippen molar-refractivity contribution in [1.82, 2.24) is 14.8 Å². The minimum absolute atomic E-state index is 0.0303. The van der Waals surface area contributed by atoms with Gasteiger partial charge in [0, 0.05) is 38.0 Å². The molecule has 2 fully saturated rings. The molecule has 0 radical (unpaired) electrons. The molecule has 1 aromatic carbocycles. The van der Waals surface area contributed by atoms with Gasteiger partial charge in [-0.1, -0.05) is 19.1 Å². The Morgan fingerprint density at radius 3 is 2.71 bits per heavy atom. The molecule has 1 unspecified atom stereocenters. The van der Waals surface area contributed by atoms with Gasteiger partial charge in [-0.3, -0.25) is 9.69 Å². The number of halogens is 1. The highest BCUT2D eigenvalue weighted by Gasteiger charge is 2.43. The van der Waals surface area contributed by atoms with Gasteiger partial charge in [-0.25, -0.2) is 9.37 Å². The normalized spacial score (nSPS) is 22.9. The molecule has 2 aromatic rings. The minimum Gasteiger partial charge on any atom is -0.435 e. The Hall–Kier alpha value is -2.21. The van der Waals surface area contributed by atoms with Gasteiger partial charge in [-0.15, -0.1) is 0 Å². The molecule has 0 aliphatic carbocycles. The van der Waals surface area contributed by atoms with E-state index >= 15 is 0 Å². The van der Waals surface area contributed by atoms with Crippen molar-refractivity contribution in [3.05, 3.63) is 53.0 Å². The van der Waals surface area contributed by atoms with Gasteiger partial charge in [-0.2, -0.15) is 0 Å². The van der Waals surface area contributed by atoms with E-state index in [9.17, 15) is 9.18 Å². The number of aromatic nitrogens is 1. The third-order valence-electron chi connectivity index (χ3n) is 6.12. The molecular formula is C22H28FN3O2. The topological polar surface area (TPSA) is 49.6 Å². The van der Waals surface area contributed by atoms with E-state index in [0.29, 0.717) is 23.8 Å². The highest BCUT2D eigenvalue weighted by Crippen LogP contribution is 2.40. The molecule has 2 saturated heterocycles. The van der Waals surface area contributed by atoms with Crippen LogP contribution in [0.1, 0.15) is 53.9 Å². The Bertz CT molecular complexity index is 848. The smallest absolute Gasteiger partial charge is 0.291 e. The van der Waals surface area contributed by atoms with E-state index in [2.05, 4.69) is 9.88 Å². The molecule has 0 N–H and O–H groups in total. The van der Waals surface area contributed by atoms with Crippen LogP contribution >= 0.6 is 0 Å². The van der Waals surface area contributed by atoms with Gasteiger partial charge in [0.1, 0.15) is 5.82 Å². The first-order valence-corrected chi connectivity index (χ1v) is 10.2. The number of likely N-dealkylation sites (tertiary alicyclic amines) is 2. The summed E-state index contributed by atoms with van der Waals surface area (Å²) in [6, 6.07) is 6.77. The van der Waals surface area contributed by atoms with E-state index in [1.54, 1.807) is 0 Å². The maximum Gasteiger partial charge on any atom is 0.291 e. The van der Waals surface area contributed by atoms with Crippen LogP contribution in [-0.2, 0) is 13.0 Å². The van der Waals surface area contributed by atoms with Crippen LogP contribution in [0.15, 0.2) is 28.7 Å². The summed E-state index contributed by atoms with van der Waals surface area (Å²) in [5, 5.41) is 0. The zero-order valence-electron chi connectivity index (χ0n) is 16.7. The van der Waals surface area contributed by atoms with Crippen LogP contribution < -0.4 is 0 Å². The van der Waals surface area contributed by atoms with Crippen molar-refractivity contribution in [3.8, 4) is 0 Å². The molecule has 28 heavy (non-hydrogen) atoms. The highest BCUT2D eigenvalue weighted by molar-refractivity contribution is 5.92. The van der Waals surface area contributed by atoms with Crippen LogP contribution in [0.3, 0.4) is 0 Å². The number of benzene rings is 1. The lowest BCUT2D eigenvalue weighted by molar-refractivity contribution is 0.0649. The average Bonchev–Trinajstić information content (AvgIpc) is 3.27. The summed E-state index contributed by atoms with van der Waals surface area (Å²) < 4.78 is 18.8. The summed E-state index contributed by atoms with van der Waals surface area (Å²) in [6.45, 7) is 8.21. The third-order valence-corrected chi connectivity index (χ3v) is 6.12. The van der Waals surface area contributed by atoms with E-state index in [-0.39, 0.29) is 17.1 Å². The molecule has 5 nitrogen and oxygen atoms in total. The lowest BCUT2D eigenvalue weighted by atomic mass is 9.79. The summed E-state index contributed by atoms with van der Waals surface area (Å²) in [6.07, 6.45) is 3.99. The number of amides is 1. The lowest BCUT2D eigenvalue weighted by Gasteiger charge is -2.40. The molecule has 0 saturated carbocycles. The van der Waals surface area contributed by atoms with Gasteiger partial charge >= 0.3 is 0 Å². The van der Waals surface area contributed by atoms with Crippen molar-refractivity contribution in [2.24, 2.45) is 5.41 Å². The number of hydrogen-bond acceptors (Lipinski definition) is 4. The van der Waals surface area contributed by atoms with Gasteiger partial charge < -0.3 is 9.32 Å². The first-order chi connectivity index (χ1) is 13.5. The Labute approximate surface area is 165 Å². The van der Waals surface area contributed by atoms with E-state index in [4.69, 9.17) is 4.42 Å². The SMILES string of the molecule is CCc1nc(C)c(C(=O)N2CCC3(CCCN(Cc4ccc(F)cc4)C3)C2)o1. The molecule has 6 heteroatoms. The zero-order valence-corrected chi connectivity index (χ0v) is 16.7. The standard InChI is InChI=1S/C22H28FN3O2/c1-3-19-24-16(2)20(28-19)21(27)26-12-10-22(15-26)9-4-11-25(14-22)13-17-5-7-18(23)8-6-17/h5-8H,3-4,9-15H2,1-2H3. The van der Waals surface area contributed by atoms with Crippen molar-refractivity contribution in [2.75, 3.05) is 26.2 Å². The summed E-state index contributed by atoms with van der Waals surface area (Å²) in [4.78, 5) is 21.7. The van der Waals surface area contributed by atoms with Crippen molar-refractivity contribution < 1.29 is 13.6 Å². The van der Waals surface area contributed by atoms with Crippen molar-refractivity contribution in [3.63, 3.8) is 0 Å². The van der Waals surface area contributed by atoms with Gasteiger partial charge in [-0.05, 0) is 50.4 Å². The Kier molecular flexibility index (Phi) is 5.23. The molecule has 1 amide bonds. The quantitative estimate of drug-likeness (QED) is 0.803. The first kappa shape index (κ1) is 19.1. The maximum absolute atomic E-state index is 13.2. The number of hydrogen-bond donors (Lipinski definition) is 0. The molecule has 4 rings (SSSR count). The zero-order chi connectivity index (χ0) is 19.7. The second kappa shape index (κ2) is 7.66. The minimum atomic E-state index is -0.197. The molecule has 1 atom stereocenters. The average molecular weight is 385 g/mol. The largest absolute Gasteiger partial charge is 0.435 e. The Balaban J connectivity index is 1.42. The summed E-state index contributed by atoms with van der Waals surface area (Å²) >= 11 is 0. The number of carbonyl (C=O) groups is 1. The fraction of sp³-hybridized carbons (Fsp3) is 0.545. The van der Waals surface area contributed by atoms with E-state index < -0.39 is 0 Å². The number of carbonyl (C=O) groups excluding carboxylic acids is 1. The molecule has 2 aliphatic rings. The third kappa shape index (κ3) is 3.83. The second-order valence-electron chi connectivity index (χ2n) is 8.29. The molecule has 0 bridgehead atoms. The monoisotopic (exact) mass is 385 g/mol. The van der Waals surface area contributed by atoms with Crippen LogP contribution in [0, 0.1) is 18.2 Å². The molecule has 3 heterocycles. The predicted octanol–water partition coefficient (Wildman–Crippen LogP) is 3.81. The predicted molar refractivity (Wildman–Crippen MR) is 104 cm³/mol. The van der Waals surface area contributed by atoms with Gasteiger partial charge in [0.05, 0.1) is 5.69 Å². The maximum atomic E-state index is 13.2. The summed E-state index contributed by atoms with van der Waals surface area (Å²) in [5.74, 6) is 0.792. The Morgan fingerprint density at radius 1 is 1.21 bits per heavy atom. The van der Waals surface area contributed by atoms with E-state index in [1.165, 1.54) is 12.1 Å². The number of nitrogens with zero attached hydrogens (tertiary/aromatic N) is 3. The van der Waals surface area contributed by atoms with Gasteiger partial charge in [0.2, 0.25) is 5.76 Å². The van der Waals surface area contributed by atoms with Crippen molar-refractivity contribution in [2.45, 2.75) is 46.1 Å². The highest BCUT2D eigenvalue weighted by atomic mass is 19.1.